The topological polar surface area (TPSA) is 47.0 Å². The Balaban J connectivity index is 2.53. The summed E-state index contributed by atoms with van der Waals surface area (Å²) in [6.45, 7) is 0.531. The molecule has 1 aromatic rings. The molecule has 1 heterocycles. The highest BCUT2D eigenvalue weighted by molar-refractivity contribution is 9.10. The number of methoxy groups -OCH3 is 1. The van der Waals surface area contributed by atoms with Gasteiger partial charge in [0.15, 0.2) is 0 Å². The lowest BCUT2D eigenvalue weighted by Crippen LogP contribution is -2.27. The summed E-state index contributed by atoms with van der Waals surface area (Å²) >= 11 is 8.98. The molecule has 0 spiro atoms. The van der Waals surface area contributed by atoms with E-state index in [0.29, 0.717) is 18.4 Å². The first-order valence-electron chi connectivity index (χ1n) is 4.05. The number of anilines is 1. The molecule has 0 radical (unpaired) electrons. The minimum Gasteiger partial charge on any atom is -0.383 e. The van der Waals surface area contributed by atoms with E-state index in [1.165, 1.54) is 0 Å². The molecule has 1 atom stereocenters. The number of halogens is 2. The average molecular weight is 281 g/mol. The van der Waals surface area contributed by atoms with Gasteiger partial charge in [0.1, 0.15) is 0 Å². The Kier molecular flexibility index (Phi) is 5.14. The summed E-state index contributed by atoms with van der Waals surface area (Å²) < 4.78 is 5.82. The van der Waals surface area contributed by atoms with Gasteiger partial charge in [-0.25, -0.2) is 9.97 Å². The smallest absolute Gasteiger partial charge is 0.222 e. The predicted octanol–water partition coefficient (Wildman–Crippen LogP) is 1.90. The summed E-state index contributed by atoms with van der Waals surface area (Å²) in [5, 5.41) is 3.06. The molecule has 1 N–H and O–H groups in total. The van der Waals surface area contributed by atoms with Crippen molar-refractivity contribution in [1.82, 2.24) is 9.97 Å². The molecule has 0 aliphatic heterocycles. The highest BCUT2D eigenvalue weighted by Gasteiger charge is 2.07. The van der Waals surface area contributed by atoms with Gasteiger partial charge in [0.25, 0.3) is 0 Å². The van der Waals surface area contributed by atoms with Crippen LogP contribution in [0, 0.1) is 0 Å². The molecule has 1 rings (SSSR count). The Labute approximate surface area is 96.2 Å². The summed E-state index contributed by atoms with van der Waals surface area (Å²) in [6, 6.07) is 0.0304. The van der Waals surface area contributed by atoms with Gasteiger partial charge in [0, 0.05) is 25.4 Å². The van der Waals surface area contributed by atoms with Crippen LogP contribution in [0.4, 0.5) is 5.95 Å². The van der Waals surface area contributed by atoms with Crippen LogP contribution in [0.1, 0.15) is 0 Å². The molecule has 6 heteroatoms. The van der Waals surface area contributed by atoms with E-state index in [1.54, 1.807) is 19.5 Å². The van der Waals surface area contributed by atoms with Crippen molar-refractivity contribution in [3.63, 3.8) is 0 Å². The molecule has 1 aromatic heterocycles. The van der Waals surface area contributed by atoms with E-state index >= 15 is 0 Å². The maximum Gasteiger partial charge on any atom is 0.222 e. The lowest BCUT2D eigenvalue weighted by Gasteiger charge is -2.14. The molecular formula is C8H11BrClN3O. The van der Waals surface area contributed by atoms with Gasteiger partial charge >= 0.3 is 0 Å². The Morgan fingerprint density at radius 1 is 1.57 bits per heavy atom. The molecule has 0 aliphatic rings. The normalized spacial score (nSPS) is 12.5. The monoisotopic (exact) mass is 279 g/mol. The van der Waals surface area contributed by atoms with Crippen molar-refractivity contribution >= 4 is 33.5 Å². The zero-order valence-corrected chi connectivity index (χ0v) is 10.0. The Morgan fingerprint density at radius 2 is 2.21 bits per heavy atom. The zero-order chi connectivity index (χ0) is 10.4. The third kappa shape index (κ3) is 3.77. The third-order valence-electron chi connectivity index (χ3n) is 1.51. The molecule has 78 valence electrons. The molecular weight excluding hydrogens is 269 g/mol. The van der Waals surface area contributed by atoms with E-state index in [-0.39, 0.29) is 6.04 Å². The van der Waals surface area contributed by atoms with Crippen LogP contribution in [0.2, 0.25) is 0 Å². The molecule has 0 saturated carbocycles. The summed E-state index contributed by atoms with van der Waals surface area (Å²) in [5.41, 5.74) is 0. The second-order valence-electron chi connectivity index (χ2n) is 2.68. The molecule has 4 nitrogen and oxygen atoms in total. The first-order valence-corrected chi connectivity index (χ1v) is 5.38. The molecule has 0 saturated heterocycles. The Morgan fingerprint density at radius 3 is 2.71 bits per heavy atom. The predicted molar refractivity (Wildman–Crippen MR) is 59.7 cm³/mol. The van der Waals surface area contributed by atoms with Gasteiger partial charge in [-0.3, -0.25) is 0 Å². The van der Waals surface area contributed by atoms with Gasteiger partial charge in [0.2, 0.25) is 5.95 Å². The van der Waals surface area contributed by atoms with Crippen LogP contribution in [-0.2, 0) is 4.74 Å². The SMILES string of the molecule is COCC(CCl)Nc1ncc(Br)cn1. The fraction of sp³-hybridized carbons (Fsp3) is 0.500. The minimum atomic E-state index is 0.0304. The van der Waals surface area contributed by atoms with E-state index in [0.717, 1.165) is 4.47 Å². The number of nitrogens with zero attached hydrogens (tertiary/aromatic N) is 2. The summed E-state index contributed by atoms with van der Waals surface area (Å²) in [6.07, 6.45) is 3.35. The third-order valence-corrected chi connectivity index (χ3v) is 2.29. The number of aromatic nitrogens is 2. The van der Waals surface area contributed by atoms with E-state index < -0.39 is 0 Å². The van der Waals surface area contributed by atoms with Crippen LogP contribution >= 0.6 is 27.5 Å². The molecule has 14 heavy (non-hydrogen) atoms. The van der Waals surface area contributed by atoms with Crippen LogP contribution in [-0.4, -0.2) is 35.6 Å². The van der Waals surface area contributed by atoms with Crippen LogP contribution in [0.15, 0.2) is 16.9 Å². The van der Waals surface area contributed by atoms with Crippen LogP contribution < -0.4 is 5.32 Å². The fourth-order valence-corrected chi connectivity index (χ4v) is 1.27. The number of hydrogen-bond acceptors (Lipinski definition) is 4. The number of alkyl halides is 1. The van der Waals surface area contributed by atoms with Crippen molar-refractivity contribution in [3.8, 4) is 0 Å². The maximum absolute atomic E-state index is 5.72. The standard InChI is InChI=1S/C8H11BrClN3O/c1-14-5-7(2-10)13-8-11-3-6(9)4-12-8/h3-4,7H,2,5H2,1H3,(H,11,12,13). The van der Waals surface area contributed by atoms with Gasteiger partial charge < -0.3 is 10.1 Å². The molecule has 1 unspecified atom stereocenters. The van der Waals surface area contributed by atoms with Gasteiger partial charge in [0.05, 0.1) is 17.1 Å². The van der Waals surface area contributed by atoms with E-state index in [4.69, 9.17) is 16.3 Å². The lowest BCUT2D eigenvalue weighted by molar-refractivity contribution is 0.191. The van der Waals surface area contributed by atoms with E-state index in [1.807, 2.05) is 0 Å². The molecule has 0 aromatic carbocycles. The Bertz CT molecular complexity index is 270. The molecule has 0 aliphatic carbocycles. The van der Waals surface area contributed by atoms with Gasteiger partial charge in [-0.15, -0.1) is 11.6 Å². The first kappa shape index (κ1) is 11.7. The quantitative estimate of drug-likeness (QED) is 0.837. The second-order valence-corrected chi connectivity index (χ2v) is 3.90. The molecule has 0 bridgehead atoms. The number of ether oxygens (including phenoxy) is 1. The van der Waals surface area contributed by atoms with Crippen molar-refractivity contribution in [2.45, 2.75) is 6.04 Å². The Hall–Kier alpha value is -0.390. The highest BCUT2D eigenvalue weighted by atomic mass is 79.9. The van der Waals surface area contributed by atoms with Crippen LogP contribution in [0.3, 0.4) is 0 Å². The zero-order valence-electron chi connectivity index (χ0n) is 7.70. The number of rotatable bonds is 5. The van der Waals surface area contributed by atoms with Crippen molar-refractivity contribution in [3.05, 3.63) is 16.9 Å². The van der Waals surface area contributed by atoms with E-state index in [9.17, 15) is 0 Å². The second kappa shape index (κ2) is 6.16. The van der Waals surface area contributed by atoms with Crippen molar-refractivity contribution in [2.75, 3.05) is 24.9 Å². The highest BCUT2D eigenvalue weighted by Crippen LogP contribution is 2.08. The average Bonchev–Trinajstić information content (AvgIpc) is 2.20. The molecule has 0 amide bonds. The number of hydrogen-bond donors (Lipinski definition) is 1. The van der Waals surface area contributed by atoms with Gasteiger partial charge in [-0.1, -0.05) is 0 Å². The summed E-state index contributed by atoms with van der Waals surface area (Å²) in [7, 11) is 1.63. The van der Waals surface area contributed by atoms with Gasteiger partial charge in [-0.05, 0) is 15.9 Å². The largest absolute Gasteiger partial charge is 0.383 e. The van der Waals surface area contributed by atoms with E-state index in [2.05, 4.69) is 31.2 Å². The summed E-state index contributed by atoms with van der Waals surface area (Å²) in [4.78, 5) is 8.13. The number of nitrogens with one attached hydrogen (secondary N) is 1. The summed E-state index contributed by atoms with van der Waals surface area (Å²) in [5.74, 6) is 1.00. The maximum atomic E-state index is 5.72. The fourth-order valence-electron chi connectivity index (χ4n) is 0.895. The van der Waals surface area contributed by atoms with Crippen molar-refractivity contribution in [1.29, 1.82) is 0 Å². The minimum absolute atomic E-state index is 0.0304. The van der Waals surface area contributed by atoms with Crippen LogP contribution in [0.25, 0.3) is 0 Å². The lowest BCUT2D eigenvalue weighted by atomic mass is 10.4. The first-order chi connectivity index (χ1) is 6.76. The molecule has 0 fully saturated rings. The van der Waals surface area contributed by atoms with Crippen molar-refractivity contribution in [2.24, 2.45) is 0 Å². The van der Waals surface area contributed by atoms with Crippen molar-refractivity contribution < 1.29 is 4.74 Å². The van der Waals surface area contributed by atoms with Crippen LogP contribution in [0.5, 0.6) is 0 Å². The van der Waals surface area contributed by atoms with Gasteiger partial charge in [-0.2, -0.15) is 0 Å².